The third-order valence-corrected chi connectivity index (χ3v) is 7.45. The Morgan fingerprint density at radius 3 is 2.32 bits per heavy atom. The summed E-state index contributed by atoms with van der Waals surface area (Å²) >= 11 is 6.02. The van der Waals surface area contributed by atoms with Gasteiger partial charge in [0.15, 0.2) is 0 Å². The maximum absolute atomic E-state index is 13.2. The van der Waals surface area contributed by atoms with Crippen molar-refractivity contribution >= 4 is 38.9 Å². The number of nitrogens with zero attached hydrogens (tertiary/aromatic N) is 1. The standard InChI is InChI=1S/C27H23ClN2O3S/c1-30(24-14-8-13-23(28)19-24)34(32,33)25-15-7-12-22(18-25)27(31)29-26-16-6-5-11-21(26)17-20-9-3-2-4-10-20/h2-16,18-19H,17H2,1H3,(H,29,31). The molecule has 0 aliphatic rings. The van der Waals surface area contributed by atoms with Crippen molar-refractivity contribution in [1.82, 2.24) is 0 Å². The minimum atomic E-state index is -3.89. The lowest BCUT2D eigenvalue weighted by molar-refractivity contribution is 0.102. The van der Waals surface area contributed by atoms with Crippen molar-refractivity contribution in [2.75, 3.05) is 16.7 Å². The molecule has 0 saturated heterocycles. The van der Waals surface area contributed by atoms with E-state index in [1.807, 2.05) is 54.6 Å². The molecule has 0 aliphatic heterocycles. The average Bonchev–Trinajstić information content (AvgIpc) is 2.85. The summed E-state index contributed by atoms with van der Waals surface area (Å²) in [6.45, 7) is 0. The van der Waals surface area contributed by atoms with Crippen LogP contribution in [0.3, 0.4) is 0 Å². The molecule has 4 rings (SSSR count). The van der Waals surface area contributed by atoms with Gasteiger partial charge in [-0.2, -0.15) is 0 Å². The average molecular weight is 491 g/mol. The Bertz CT molecular complexity index is 1420. The Kier molecular flexibility index (Phi) is 7.01. The first-order chi connectivity index (χ1) is 16.3. The number of hydrogen-bond donors (Lipinski definition) is 1. The minimum Gasteiger partial charge on any atom is -0.322 e. The third kappa shape index (κ3) is 5.30. The lowest BCUT2D eigenvalue weighted by Crippen LogP contribution is -2.27. The maximum Gasteiger partial charge on any atom is 0.264 e. The second kappa shape index (κ2) is 10.1. The van der Waals surface area contributed by atoms with E-state index in [4.69, 9.17) is 11.6 Å². The van der Waals surface area contributed by atoms with E-state index in [1.165, 1.54) is 19.2 Å². The SMILES string of the molecule is CN(c1cccc(Cl)c1)S(=O)(=O)c1cccc(C(=O)Nc2ccccc2Cc2ccccc2)c1. The molecule has 0 fully saturated rings. The molecule has 0 radical (unpaired) electrons. The Hall–Kier alpha value is -3.61. The largest absolute Gasteiger partial charge is 0.322 e. The predicted octanol–water partition coefficient (Wildman–Crippen LogP) is 6.01. The van der Waals surface area contributed by atoms with Gasteiger partial charge in [-0.15, -0.1) is 0 Å². The molecule has 172 valence electrons. The first kappa shape index (κ1) is 23.5. The van der Waals surface area contributed by atoms with Crippen molar-refractivity contribution in [3.8, 4) is 0 Å². The van der Waals surface area contributed by atoms with Gasteiger partial charge in [-0.1, -0.05) is 72.3 Å². The minimum absolute atomic E-state index is 0.0141. The topological polar surface area (TPSA) is 66.5 Å². The molecule has 0 saturated carbocycles. The molecule has 0 spiro atoms. The van der Waals surface area contributed by atoms with Crippen LogP contribution in [0.4, 0.5) is 11.4 Å². The van der Waals surface area contributed by atoms with Crippen LogP contribution in [0.5, 0.6) is 0 Å². The van der Waals surface area contributed by atoms with Gasteiger partial charge in [0, 0.05) is 23.3 Å². The van der Waals surface area contributed by atoms with E-state index in [0.717, 1.165) is 15.4 Å². The number of rotatable bonds is 7. The third-order valence-electron chi connectivity index (χ3n) is 5.43. The fourth-order valence-corrected chi connectivity index (χ4v) is 4.99. The lowest BCUT2D eigenvalue weighted by atomic mass is 10.0. The van der Waals surface area contributed by atoms with Gasteiger partial charge in [0.05, 0.1) is 10.6 Å². The quantitative estimate of drug-likeness (QED) is 0.345. The van der Waals surface area contributed by atoms with E-state index < -0.39 is 10.0 Å². The zero-order valence-electron chi connectivity index (χ0n) is 18.5. The van der Waals surface area contributed by atoms with Crippen LogP contribution in [0.1, 0.15) is 21.5 Å². The van der Waals surface area contributed by atoms with Crippen LogP contribution in [-0.2, 0) is 16.4 Å². The summed E-state index contributed by atoms with van der Waals surface area (Å²) in [6, 6.07) is 30.1. The highest BCUT2D eigenvalue weighted by molar-refractivity contribution is 7.92. The second-order valence-electron chi connectivity index (χ2n) is 7.75. The highest BCUT2D eigenvalue weighted by Crippen LogP contribution is 2.26. The van der Waals surface area contributed by atoms with Crippen molar-refractivity contribution in [1.29, 1.82) is 0 Å². The lowest BCUT2D eigenvalue weighted by Gasteiger charge is -2.20. The molecule has 0 bridgehead atoms. The van der Waals surface area contributed by atoms with Gasteiger partial charge in [-0.05, 0) is 60.0 Å². The maximum atomic E-state index is 13.2. The van der Waals surface area contributed by atoms with Crippen LogP contribution in [0.25, 0.3) is 0 Å². The number of hydrogen-bond acceptors (Lipinski definition) is 3. The van der Waals surface area contributed by atoms with E-state index in [0.29, 0.717) is 22.8 Å². The first-order valence-corrected chi connectivity index (χ1v) is 12.4. The molecular weight excluding hydrogens is 468 g/mol. The molecule has 0 aromatic heterocycles. The monoisotopic (exact) mass is 490 g/mol. The molecule has 4 aromatic rings. The normalized spacial score (nSPS) is 11.1. The molecular formula is C27H23ClN2O3S. The van der Waals surface area contributed by atoms with Gasteiger partial charge in [0.25, 0.3) is 15.9 Å². The Morgan fingerprint density at radius 1 is 0.853 bits per heavy atom. The molecule has 1 amide bonds. The molecule has 4 aromatic carbocycles. The van der Waals surface area contributed by atoms with Crippen molar-refractivity contribution < 1.29 is 13.2 Å². The van der Waals surface area contributed by atoms with Crippen LogP contribution >= 0.6 is 11.6 Å². The van der Waals surface area contributed by atoms with Gasteiger partial charge < -0.3 is 5.32 Å². The molecule has 34 heavy (non-hydrogen) atoms. The van der Waals surface area contributed by atoms with E-state index in [2.05, 4.69) is 5.32 Å². The van der Waals surface area contributed by atoms with Crippen LogP contribution in [0.2, 0.25) is 5.02 Å². The van der Waals surface area contributed by atoms with Crippen molar-refractivity contribution in [3.63, 3.8) is 0 Å². The fraction of sp³-hybridized carbons (Fsp3) is 0.0741. The summed E-state index contributed by atoms with van der Waals surface area (Å²) in [5.41, 5.74) is 3.45. The van der Waals surface area contributed by atoms with Gasteiger partial charge in [0.1, 0.15) is 0 Å². The number of para-hydroxylation sites is 1. The first-order valence-electron chi connectivity index (χ1n) is 10.6. The van der Waals surface area contributed by atoms with Crippen LogP contribution in [0.15, 0.2) is 108 Å². The van der Waals surface area contributed by atoms with Crippen LogP contribution < -0.4 is 9.62 Å². The van der Waals surface area contributed by atoms with Gasteiger partial charge >= 0.3 is 0 Å². The summed E-state index contributed by atoms with van der Waals surface area (Å²) in [5, 5.41) is 3.36. The zero-order valence-corrected chi connectivity index (χ0v) is 20.1. The van der Waals surface area contributed by atoms with E-state index in [9.17, 15) is 13.2 Å². The number of halogens is 1. The zero-order chi connectivity index (χ0) is 24.1. The van der Waals surface area contributed by atoms with Crippen molar-refractivity contribution in [2.45, 2.75) is 11.3 Å². The summed E-state index contributed by atoms with van der Waals surface area (Å²) < 4.78 is 27.5. The van der Waals surface area contributed by atoms with E-state index in [1.54, 1.807) is 36.4 Å². The molecule has 0 aliphatic carbocycles. The summed E-state index contributed by atoms with van der Waals surface area (Å²) in [4.78, 5) is 13.1. The molecule has 1 N–H and O–H groups in total. The molecule has 0 heterocycles. The number of carbonyl (C=O) groups excluding carboxylic acids is 1. The molecule has 0 atom stereocenters. The number of sulfonamides is 1. The molecule has 7 heteroatoms. The van der Waals surface area contributed by atoms with Gasteiger partial charge in [0.2, 0.25) is 0 Å². The number of nitrogens with one attached hydrogen (secondary N) is 1. The number of amides is 1. The Labute approximate surface area is 204 Å². The van der Waals surface area contributed by atoms with Gasteiger partial charge in [-0.3, -0.25) is 9.10 Å². The summed E-state index contributed by atoms with van der Waals surface area (Å²) in [7, 11) is -2.44. The van der Waals surface area contributed by atoms with Gasteiger partial charge in [-0.25, -0.2) is 8.42 Å². The van der Waals surface area contributed by atoms with Crippen LogP contribution in [0, 0.1) is 0 Å². The molecule has 0 unspecified atom stereocenters. The fourth-order valence-electron chi connectivity index (χ4n) is 3.57. The highest BCUT2D eigenvalue weighted by atomic mass is 35.5. The Morgan fingerprint density at radius 2 is 1.56 bits per heavy atom. The smallest absolute Gasteiger partial charge is 0.264 e. The Balaban J connectivity index is 1.57. The number of benzene rings is 4. The summed E-state index contributed by atoms with van der Waals surface area (Å²) in [5.74, 6) is -0.386. The van der Waals surface area contributed by atoms with E-state index >= 15 is 0 Å². The predicted molar refractivity (Wildman–Crippen MR) is 137 cm³/mol. The second-order valence-corrected chi connectivity index (χ2v) is 10.2. The number of carbonyl (C=O) groups is 1. The highest BCUT2D eigenvalue weighted by Gasteiger charge is 2.23. The van der Waals surface area contributed by atoms with E-state index in [-0.39, 0.29) is 16.4 Å². The van der Waals surface area contributed by atoms with Crippen molar-refractivity contribution in [2.24, 2.45) is 0 Å². The summed E-state index contributed by atoms with van der Waals surface area (Å²) in [6.07, 6.45) is 0.663. The number of anilines is 2. The van der Waals surface area contributed by atoms with Crippen LogP contribution in [-0.4, -0.2) is 21.4 Å². The molecule has 5 nitrogen and oxygen atoms in total. The van der Waals surface area contributed by atoms with Crippen molar-refractivity contribution in [3.05, 3.63) is 125 Å².